The van der Waals surface area contributed by atoms with Crippen LogP contribution in [-0.4, -0.2) is 42.6 Å². The minimum absolute atomic E-state index is 0.0487. The Kier molecular flexibility index (Phi) is 5.34. The van der Waals surface area contributed by atoms with Crippen molar-refractivity contribution in [3.63, 3.8) is 0 Å². The maximum absolute atomic E-state index is 13.1. The summed E-state index contributed by atoms with van der Waals surface area (Å²) in [7, 11) is 0. The lowest BCUT2D eigenvalue weighted by atomic mass is 9.96. The summed E-state index contributed by atoms with van der Waals surface area (Å²) in [6.07, 6.45) is 2.07. The summed E-state index contributed by atoms with van der Waals surface area (Å²) < 4.78 is 11.5. The molecule has 3 heterocycles. The fraction of sp³-hybridized carbons (Fsp3) is 0.333. The first-order chi connectivity index (χ1) is 15.2. The number of hydrogen-bond acceptors (Lipinski definition) is 4. The second kappa shape index (κ2) is 8.43. The average molecular weight is 419 g/mol. The summed E-state index contributed by atoms with van der Waals surface area (Å²) in [4.78, 5) is 27.2. The van der Waals surface area contributed by atoms with E-state index in [1.807, 2.05) is 54.6 Å². The molecule has 2 aromatic rings. The summed E-state index contributed by atoms with van der Waals surface area (Å²) >= 11 is 0. The van der Waals surface area contributed by atoms with Crippen molar-refractivity contribution in [1.82, 2.24) is 15.5 Å². The Bertz CT molecular complexity index is 997. The number of nitrogens with one attached hydrogen (secondary N) is 2. The van der Waals surface area contributed by atoms with Crippen molar-refractivity contribution in [2.24, 2.45) is 0 Å². The van der Waals surface area contributed by atoms with E-state index in [1.54, 1.807) is 4.90 Å². The number of hydrogen-bond donors (Lipinski definition) is 2. The summed E-state index contributed by atoms with van der Waals surface area (Å²) in [5.74, 6) is 0.687. The SMILES string of the molecule is O=C1NC2=C(C(=O)N(CC3CCCO3)C2)C(c2ccc(OCc3ccccc3)cc2)N1. The molecule has 1 fully saturated rings. The molecule has 0 aromatic heterocycles. The van der Waals surface area contributed by atoms with Gasteiger partial charge in [-0.05, 0) is 36.1 Å². The van der Waals surface area contributed by atoms with Gasteiger partial charge in [-0.3, -0.25) is 4.79 Å². The van der Waals surface area contributed by atoms with Crippen molar-refractivity contribution < 1.29 is 19.1 Å². The molecule has 0 saturated carbocycles. The summed E-state index contributed by atoms with van der Waals surface area (Å²) in [5.41, 5.74) is 3.23. The first-order valence-electron chi connectivity index (χ1n) is 10.7. The Morgan fingerprint density at radius 2 is 1.87 bits per heavy atom. The number of nitrogens with zero attached hydrogens (tertiary/aromatic N) is 1. The van der Waals surface area contributed by atoms with Gasteiger partial charge in [0.05, 0.1) is 30.0 Å². The van der Waals surface area contributed by atoms with E-state index in [0.717, 1.165) is 36.3 Å². The molecule has 2 aromatic carbocycles. The Labute approximate surface area is 181 Å². The summed E-state index contributed by atoms with van der Waals surface area (Å²) in [6, 6.07) is 16.7. The smallest absolute Gasteiger partial charge is 0.319 e. The molecule has 1 saturated heterocycles. The molecule has 5 rings (SSSR count). The highest BCUT2D eigenvalue weighted by Crippen LogP contribution is 2.33. The van der Waals surface area contributed by atoms with Crippen LogP contribution in [0.1, 0.15) is 30.0 Å². The zero-order valence-electron chi connectivity index (χ0n) is 17.2. The third-order valence-electron chi connectivity index (χ3n) is 5.93. The molecule has 7 nitrogen and oxygen atoms in total. The molecule has 31 heavy (non-hydrogen) atoms. The third-order valence-corrected chi connectivity index (χ3v) is 5.93. The van der Waals surface area contributed by atoms with E-state index >= 15 is 0 Å². The number of urea groups is 1. The Balaban J connectivity index is 1.30. The fourth-order valence-corrected chi connectivity index (χ4v) is 4.36. The number of benzene rings is 2. The third kappa shape index (κ3) is 4.14. The van der Waals surface area contributed by atoms with E-state index in [0.29, 0.717) is 31.0 Å². The number of carbonyl (C=O) groups excluding carboxylic acids is 2. The molecular formula is C24H25N3O4. The van der Waals surface area contributed by atoms with Gasteiger partial charge in [0.2, 0.25) is 0 Å². The number of rotatable bonds is 6. The minimum Gasteiger partial charge on any atom is -0.489 e. The maximum atomic E-state index is 13.1. The van der Waals surface area contributed by atoms with Gasteiger partial charge in [-0.25, -0.2) is 4.79 Å². The maximum Gasteiger partial charge on any atom is 0.319 e. The Morgan fingerprint density at radius 1 is 1.06 bits per heavy atom. The van der Waals surface area contributed by atoms with Crippen molar-refractivity contribution in [2.45, 2.75) is 31.6 Å². The van der Waals surface area contributed by atoms with Crippen LogP contribution in [0, 0.1) is 0 Å². The quantitative estimate of drug-likeness (QED) is 0.755. The van der Waals surface area contributed by atoms with E-state index in [9.17, 15) is 9.59 Å². The predicted octanol–water partition coefficient (Wildman–Crippen LogP) is 2.89. The number of amides is 3. The highest BCUT2D eigenvalue weighted by Gasteiger charge is 2.41. The second-order valence-electron chi connectivity index (χ2n) is 8.09. The van der Waals surface area contributed by atoms with Crippen molar-refractivity contribution in [3.8, 4) is 5.75 Å². The molecule has 0 radical (unpaired) electrons. The van der Waals surface area contributed by atoms with Crippen LogP contribution < -0.4 is 15.4 Å². The van der Waals surface area contributed by atoms with Gasteiger partial charge in [0.15, 0.2) is 0 Å². The van der Waals surface area contributed by atoms with Crippen molar-refractivity contribution in [1.29, 1.82) is 0 Å². The molecule has 3 amide bonds. The lowest BCUT2D eigenvalue weighted by Gasteiger charge is -2.26. The fourth-order valence-electron chi connectivity index (χ4n) is 4.36. The largest absolute Gasteiger partial charge is 0.489 e. The Morgan fingerprint density at radius 3 is 2.61 bits per heavy atom. The summed E-state index contributed by atoms with van der Waals surface area (Å²) in [5, 5.41) is 5.71. The topological polar surface area (TPSA) is 79.9 Å². The highest BCUT2D eigenvalue weighted by molar-refractivity contribution is 6.01. The zero-order valence-corrected chi connectivity index (χ0v) is 17.2. The first-order valence-corrected chi connectivity index (χ1v) is 10.7. The molecule has 160 valence electrons. The monoisotopic (exact) mass is 419 g/mol. The first kappa shape index (κ1) is 19.6. The van der Waals surface area contributed by atoms with Crippen molar-refractivity contribution >= 4 is 11.9 Å². The van der Waals surface area contributed by atoms with Crippen LogP contribution in [0.2, 0.25) is 0 Å². The van der Waals surface area contributed by atoms with Crippen LogP contribution in [0.3, 0.4) is 0 Å². The van der Waals surface area contributed by atoms with E-state index < -0.39 is 6.04 Å². The summed E-state index contributed by atoms with van der Waals surface area (Å²) in [6.45, 7) is 2.20. The van der Waals surface area contributed by atoms with Gasteiger partial charge in [0.1, 0.15) is 12.4 Å². The van der Waals surface area contributed by atoms with Crippen LogP contribution >= 0.6 is 0 Å². The van der Waals surface area contributed by atoms with Crippen molar-refractivity contribution in [2.75, 3.05) is 19.7 Å². The lowest BCUT2D eigenvalue weighted by molar-refractivity contribution is -0.127. The normalized spacial score (nSPS) is 22.9. The molecule has 7 heteroatoms. The number of carbonyl (C=O) groups is 2. The van der Waals surface area contributed by atoms with Crippen molar-refractivity contribution in [3.05, 3.63) is 77.0 Å². The molecule has 2 atom stereocenters. The molecule has 0 aliphatic carbocycles. The van der Waals surface area contributed by atoms with Gasteiger partial charge < -0.3 is 25.0 Å². The van der Waals surface area contributed by atoms with Gasteiger partial charge in [-0.2, -0.15) is 0 Å². The molecule has 0 spiro atoms. The van der Waals surface area contributed by atoms with Crippen LogP contribution in [0.25, 0.3) is 0 Å². The standard InChI is InChI=1S/C24H25N3O4/c28-23-21-20(14-27(23)13-19-7-4-12-30-19)25-24(29)26-22(21)17-8-10-18(11-9-17)31-15-16-5-2-1-3-6-16/h1-3,5-6,8-11,19,22H,4,7,12-15H2,(H2,25,26,29). The van der Waals surface area contributed by atoms with Gasteiger partial charge in [-0.15, -0.1) is 0 Å². The van der Waals surface area contributed by atoms with Gasteiger partial charge in [0.25, 0.3) is 5.91 Å². The van der Waals surface area contributed by atoms with Gasteiger partial charge in [-0.1, -0.05) is 42.5 Å². The molecule has 3 aliphatic rings. The lowest BCUT2D eigenvalue weighted by Crippen LogP contribution is -2.44. The van der Waals surface area contributed by atoms with Crippen LogP contribution in [0.4, 0.5) is 4.79 Å². The molecule has 0 bridgehead atoms. The average Bonchev–Trinajstić information content (AvgIpc) is 3.41. The van der Waals surface area contributed by atoms with Crippen LogP contribution in [-0.2, 0) is 16.1 Å². The highest BCUT2D eigenvalue weighted by atomic mass is 16.5. The van der Waals surface area contributed by atoms with E-state index in [4.69, 9.17) is 9.47 Å². The Hall–Kier alpha value is -3.32. The number of ether oxygens (including phenoxy) is 2. The van der Waals surface area contributed by atoms with Crippen LogP contribution in [0.15, 0.2) is 65.9 Å². The van der Waals surface area contributed by atoms with Gasteiger partial charge in [0, 0.05) is 13.2 Å². The molecule has 3 aliphatic heterocycles. The minimum atomic E-state index is -0.478. The molecule has 2 N–H and O–H groups in total. The van der Waals surface area contributed by atoms with Crippen LogP contribution in [0.5, 0.6) is 5.75 Å². The predicted molar refractivity (Wildman–Crippen MR) is 114 cm³/mol. The van der Waals surface area contributed by atoms with E-state index in [2.05, 4.69) is 10.6 Å². The van der Waals surface area contributed by atoms with E-state index in [-0.39, 0.29) is 18.0 Å². The molecule has 2 unspecified atom stereocenters. The van der Waals surface area contributed by atoms with E-state index in [1.165, 1.54) is 0 Å². The van der Waals surface area contributed by atoms with Gasteiger partial charge >= 0.3 is 6.03 Å². The zero-order chi connectivity index (χ0) is 21.2. The second-order valence-corrected chi connectivity index (χ2v) is 8.09. The molecular weight excluding hydrogens is 394 g/mol.